The molecule has 2 N–H and O–H groups in total. The minimum atomic E-state index is -0.713. The number of aliphatic hydroxyl groups is 1. The molecule has 9 nitrogen and oxygen atoms in total. The summed E-state index contributed by atoms with van der Waals surface area (Å²) in [4.78, 5) is 23.6. The van der Waals surface area contributed by atoms with Gasteiger partial charge in [-0.15, -0.1) is 0 Å². The van der Waals surface area contributed by atoms with Crippen LogP contribution in [0.1, 0.15) is 45.6 Å². The van der Waals surface area contributed by atoms with Crippen LogP contribution < -0.4 is 11.1 Å². The molecule has 2 aromatic carbocycles. The SMILES string of the molecule is CCn1c(=O)oc2ccc(-n3cc(CNC[C@H](O)c4ccc5c(c4C)COC5=O)cn3)cc21. The van der Waals surface area contributed by atoms with Crippen LogP contribution in [0.4, 0.5) is 0 Å². The van der Waals surface area contributed by atoms with Crippen molar-refractivity contribution in [1.82, 2.24) is 19.7 Å². The summed E-state index contributed by atoms with van der Waals surface area (Å²) in [6.07, 6.45) is 2.95. The summed E-state index contributed by atoms with van der Waals surface area (Å²) in [7, 11) is 0. The highest BCUT2D eigenvalue weighted by Crippen LogP contribution is 2.29. The molecular formula is C24H24N4O5. The number of benzene rings is 2. The molecule has 5 rings (SSSR count). The fourth-order valence-electron chi connectivity index (χ4n) is 4.28. The van der Waals surface area contributed by atoms with E-state index in [0.29, 0.717) is 30.8 Å². The molecule has 1 atom stereocenters. The fourth-order valence-corrected chi connectivity index (χ4v) is 4.28. The van der Waals surface area contributed by atoms with Crippen LogP contribution in [-0.2, 0) is 24.4 Å². The van der Waals surface area contributed by atoms with Gasteiger partial charge < -0.3 is 19.6 Å². The maximum Gasteiger partial charge on any atom is 0.419 e. The highest BCUT2D eigenvalue weighted by atomic mass is 16.5. The number of nitrogens with zero attached hydrogens (tertiary/aromatic N) is 3. The van der Waals surface area contributed by atoms with Crippen molar-refractivity contribution in [2.24, 2.45) is 0 Å². The number of carbonyl (C=O) groups excluding carboxylic acids is 1. The van der Waals surface area contributed by atoms with Gasteiger partial charge in [-0.1, -0.05) is 6.07 Å². The van der Waals surface area contributed by atoms with Gasteiger partial charge in [-0.3, -0.25) is 4.57 Å². The number of hydrogen-bond acceptors (Lipinski definition) is 7. The van der Waals surface area contributed by atoms with E-state index in [1.54, 1.807) is 33.6 Å². The molecule has 170 valence electrons. The van der Waals surface area contributed by atoms with Crippen LogP contribution in [0.15, 0.2) is 51.9 Å². The summed E-state index contributed by atoms with van der Waals surface area (Å²) in [5.74, 6) is -0.680. The zero-order valence-corrected chi connectivity index (χ0v) is 18.4. The number of cyclic esters (lactones) is 1. The van der Waals surface area contributed by atoms with Crippen molar-refractivity contribution in [2.75, 3.05) is 6.54 Å². The molecule has 2 aromatic heterocycles. The number of oxazole rings is 1. The highest BCUT2D eigenvalue weighted by molar-refractivity contribution is 5.94. The van der Waals surface area contributed by atoms with E-state index < -0.39 is 6.10 Å². The normalized spacial score (nSPS) is 14.0. The zero-order valence-electron chi connectivity index (χ0n) is 18.4. The number of hydrogen-bond donors (Lipinski definition) is 2. The van der Waals surface area contributed by atoms with E-state index in [-0.39, 0.29) is 18.3 Å². The third-order valence-electron chi connectivity index (χ3n) is 6.10. The summed E-state index contributed by atoms with van der Waals surface area (Å²) in [6.45, 7) is 5.45. The standard InChI is InChI=1S/C24H24N4O5/c1-3-27-20-8-16(4-7-22(20)33-24(27)31)28-12-15(10-26-28)9-25-11-21(29)17-5-6-18-19(14(17)2)13-32-23(18)30/h4-8,10,12,21,25,29H,3,9,11,13H2,1-2H3/t21-/m0/s1. The monoisotopic (exact) mass is 448 g/mol. The van der Waals surface area contributed by atoms with Crippen LogP contribution in [-0.4, -0.2) is 32.0 Å². The molecule has 0 amide bonds. The molecule has 0 fully saturated rings. The van der Waals surface area contributed by atoms with Crippen molar-refractivity contribution >= 4 is 17.1 Å². The van der Waals surface area contributed by atoms with E-state index in [1.165, 1.54) is 0 Å². The summed E-state index contributed by atoms with van der Waals surface area (Å²) >= 11 is 0. The average Bonchev–Trinajstić information content (AvgIpc) is 3.50. The van der Waals surface area contributed by atoms with E-state index in [4.69, 9.17) is 9.15 Å². The first-order chi connectivity index (χ1) is 16.0. The Labute approximate surface area is 189 Å². The van der Waals surface area contributed by atoms with Gasteiger partial charge in [0, 0.05) is 37.0 Å². The van der Waals surface area contributed by atoms with E-state index in [1.807, 2.05) is 32.2 Å². The van der Waals surface area contributed by atoms with Gasteiger partial charge in [-0.05, 0) is 49.2 Å². The topological polar surface area (TPSA) is 112 Å². The molecule has 4 aromatic rings. The Morgan fingerprint density at radius 2 is 2.09 bits per heavy atom. The molecule has 1 aliphatic heterocycles. The first-order valence-corrected chi connectivity index (χ1v) is 10.8. The van der Waals surface area contributed by atoms with Gasteiger partial charge in [0.2, 0.25) is 0 Å². The summed E-state index contributed by atoms with van der Waals surface area (Å²) in [5, 5.41) is 18.3. The van der Waals surface area contributed by atoms with Crippen LogP contribution in [0.25, 0.3) is 16.8 Å². The number of nitrogens with one attached hydrogen (secondary N) is 1. The lowest BCUT2D eigenvalue weighted by atomic mass is 9.95. The predicted octanol–water partition coefficient (Wildman–Crippen LogP) is 2.60. The van der Waals surface area contributed by atoms with Crippen molar-refractivity contribution in [3.8, 4) is 5.69 Å². The Morgan fingerprint density at radius 1 is 1.24 bits per heavy atom. The molecule has 0 saturated carbocycles. The largest absolute Gasteiger partial charge is 0.457 e. The quantitative estimate of drug-likeness (QED) is 0.418. The number of aryl methyl sites for hydroxylation is 1. The maximum atomic E-state index is 11.9. The summed E-state index contributed by atoms with van der Waals surface area (Å²) in [5.41, 5.74) is 6.15. The Hall–Kier alpha value is -3.69. The minimum Gasteiger partial charge on any atom is -0.457 e. The van der Waals surface area contributed by atoms with Crippen molar-refractivity contribution in [3.63, 3.8) is 0 Å². The van der Waals surface area contributed by atoms with Crippen LogP contribution in [0.2, 0.25) is 0 Å². The summed E-state index contributed by atoms with van der Waals surface area (Å²) < 4.78 is 13.7. The predicted molar refractivity (Wildman–Crippen MR) is 120 cm³/mol. The Bertz CT molecular complexity index is 1410. The molecule has 0 spiro atoms. The van der Waals surface area contributed by atoms with Crippen molar-refractivity contribution in [2.45, 2.75) is 39.6 Å². The molecule has 9 heteroatoms. The second kappa shape index (κ2) is 8.34. The molecule has 0 unspecified atom stereocenters. The number of ether oxygens (including phenoxy) is 1. The van der Waals surface area contributed by atoms with Gasteiger partial charge in [0.05, 0.1) is 29.1 Å². The van der Waals surface area contributed by atoms with Gasteiger partial charge in [0.1, 0.15) is 6.61 Å². The van der Waals surface area contributed by atoms with Crippen LogP contribution in [0.3, 0.4) is 0 Å². The highest BCUT2D eigenvalue weighted by Gasteiger charge is 2.25. The second-order valence-electron chi connectivity index (χ2n) is 8.09. The molecule has 0 bridgehead atoms. The molecule has 33 heavy (non-hydrogen) atoms. The third-order valence-corrected chi connectivity index (χ3v) is 6.10. The van der Waals surface area contributed by atoms with Crippen molar-refractivity contribution in [3.05, 3.63) is 81.1 Å². The van der Waals surface area contributed by atoms with E-state index in [9.17, 15) is 14.7 Å². The number of carbonyl (C=O) groups is 1. The number of aliphatic hydroxyl groups excluding tert-OH is 1. The zero-order chi connectivity index (χ0) is 23.1. The Balaban J connectivity index is 1.25. The number of esters is 1. The minimum absolute atomic E-state index is 0.256. The maximum absolute atomic E-state index is 11.9. The molecule has 0 saturated heterocycles. The third kappa shape index (κ3) is 3.75. The van der Waals surface area contributed by atoms with Gasteiger partial charge in [-0.25, -0.2) is 14.3 Å². The average molecular weight is 448 g/mol. The first kappa shape index (κ1) is 21.2. The van der Waals surface area contributed by atoms with Gasteiger partial charge in [0.25, 0.3) is 0 Å². The van der Waals surface area contributed by atoms with Crippen LogP contribution in [0, 0.1) is 6.92 Å². The lowest BCUT2D eigenvalue weighted by molar-refractivity contribution is 0.0535. The van der Waals surface area contributed by atoms with Gasteiger partial charge in [-0.2, -0.15) is 5.10 Å². The van der Waals surface area contributed by atoms with E-state index >= 15 is 0 Å². The van der Waals surface area contributed by atoms with Gasteiger partial charge in [0.15, 0.2) is 5.58 Å². The number of fused-ring (bicyclic) bond motifs is 2. The Kier molecular flexibility index (Phi) is 5.35. The smallest absolute Gasteiger partial charge is 0.419 e. The molecule has 0 aliphatic carbocycles. The fraction of sp³-hybridized carbons (Fsp3) is 0.292. The molecule has 1 aliphatic rings. The number of rotatable bonds is 7. The second-order valence-corrected chi connectivity index (χ2v) is 8.09. The van der Waals surface area contributed by atoms with E-state index in [2.05, 4.69) is 10.4 Å². The first-order valence-electron chi connectivity index (χ1n) is 10.8. The van der Waals surface area contributed by atoms with Crippen molar-refractivity contribution in [1.29, 1.82) is 0 Å². The lowest BCUT2D eigenvalue weighted by Gasteiger charge is -2.16. The molecular weight excluding hydrogens is 424 g/mol. The number of aromatic nitrogens is 3. The van der Waals surface area contributed by atoms with Crippen molar-refractivity contribution < 1.29 is 19.1 Å². The van der Waals surface area contributed by atoms with Crippen LogP contribution >= 0.6 is 0 Å². The lowest BCUT2D eigenvalue weighted by Crippen LogP contribution is -2.21. The summed E-state index contributed by atoms with van der Waals surface area (Å²) in [6, 6.07) is 9.00. The Morgan fingerprint density at radius 3 is 2.91 bits per heavy atom. The van der Waals surface area contributed by atoms with Gasteiger partial charge >= 0.3 is 11.7 Å². The molecule has 0 radical (unpaired) electrons. The van der Waals surface area contributed by atoms with E-state index in [0.717, 1.165) is 33.5 Å². The molecule has 3 heterocycles. The van der Waals surface area contributed by atoms with Crippen LogP contribution in [0.5, 0.6) is 0 Å².